The molecule has 1 N–H and O–H groups in total. The zero-order valence-corrected chi connectivity index (χ0v) is 22.1. The molecule has 194 valence electrons. The summed E-state index contributed by atoms with van der Waals surface area (Å²) in [6, 6.07) is 18.7. The molecule has 3 aromatic carbocycles. The minimum absolute atomic E-state index is 0.0635. The maximum absolute atomic E-state index is 13.7. The van der Waals surface area contributed by atoms with Crippen molar-refractivity contribution < 1.29 is 18.7 Å². The van der Waals surface area contributed by atoms with Gasteiger partial charge in [-0.25, -0.2) is 4.39 Å². The smallest absolute Gasteiger partial charge is 0.265 e. The average molecular weight is 523 g/mol. The Morgan fingerprint density at radius 2 is 1.86 bits per heavy atom. The summed E-state index contributed by atoms with van der Waals surface area (Å²) >= 11 is 6.04. The van der Waals surface area contributed by atoms with Crippen molar-refractivity contribution in [2.24, 2.45) is 5.92 Å². The van der Waals surface area contributed by atoms with Gasteiger partial charge in [0.25, 0.3) is 5.91 Å². The predicted molar refractivity (Wildman–Crippen MR) is 144 cm³/mol. The number of fused-ring (bicyclic) bond motifs is 1. The molecular weight excluding hydrogens is 491 g/mol. The van der Waals surface area contributed by atoms with Crippen LogP contribution in [0.4, 0.5) is 10.1 Å². The number of amides is 2. The summed E-state index contributed by atoms with van der Waals surface area (Å²) in [5.41, 5.74) is 3.47. The summed E-state index contributed by atoms with van der Waals surface area (Å²) in [7, 11) is 0. The number of carbonyl (C=O) groups excluding carboxylic acids is 2. The second kappa shape index (κ2) is 11.8. The molecule has 3 aromatic rings. The number of nitrogens with zero attached hydrogens (tertiary/aromatic N) is 1. The maximum Gasteiger partial charge on any atom is 0.265 e. The number of hydrogen-bond donors (Lipinski definition) is 1. The molecule has 2 atom stereocenters. The van der Waals surface area contributed by atoms with Crippen LogP contribution < -0.4 is 10.1 Å². The van der Waals surface area contributed by atoms with E-state index in [1.165, 1.54) is 12.1 Å². The van der Waals surface area contributed by atoms with E-state index in [0.29, 0.717) is 42.3 Å². The molecular formula is C30H32ClFN2O3. The second-order valence-electron chi connectivity index (χ2n) is 9.76. The van der Waals surface area contributed by atoms with E-state index in [2.05, 4.69) is 5.32 Å². The van der Waals surface area contributed by atoms with E-state index in [-0.39, 0.29) is 29.6 Å². The van der Waals surface area contributed by atoms with Gasteiger partial charge in [-0.05, 0) is 77.9 Å². The largest absolute Gasteiger partial charge is 0.481 e. The third-order valence-electron chi connectivity index (χ3n) is 6.47. The lowest BCUT2D eigenvalue weighted by molar-refractivity contribution is -0.134. The number of nitrogens with one attached hydrogen (secondary N) is 1. The van der Waals surface area contributed by atoms with Crippen molar-refractivity contribution in [2.75, 3.05) is 11.9 Å². The Labute approximate surface area is 222 Å². The van der Waals surface area contributed by atoms with Gasteiger partial charge >= 0.3 is 0 Å². The van der Waals surface area contributed by atoms with E-state index < -0.39 is 6.10 Å². The van der Waals surface area contributed by atoms with Gasteiger partial charge in [0.2, 0.25) is 5.91 Å². The number of hydrogen-bond acceptors (Lipinski definition) is 3. The molecule has 5 nitrogen and oxygen atoms in total. The molecule has 0 saturated carbocycles. The standard InChI is InChI=1S/C30H32ClFN2O3/c1-4-27(30(36)33-24-7-5-6-22(31)17-24)37-25-13-10-20-14-15-34(28(35)16-19(2)3)29(26(20)18-25)21-8-11-23(32)12-9-21/h5-13,17-19,27,29H,4,14-16H2,1-3H3,(H,33,36). The second-order valence-corrected chi connectivity index (χ2v) is 10.2. The summed E-state index contributed by atoms with van der Waals surface area (Å²) in [5, 5.41) is 3.39. The van der Waals surface area contributed by atoms with Gasteiger partial charge in [0.1, 0.15) is 11.6 Å². The highest BCUT2D eigenvalue weighted by Gasteiger charge is 2.33. The first-order valence-corrected chi connectivity index (χ1v) is 13.0. The Bertz CT molecular complexity index is 1260. The number of rotatable bonds is 8. The van der Waals surface area contributed by atoms with Gasteiger partial charge in [0, 0.05) is 23.7 Å². The van der Waals surface area contributed by atoms with Crippen LogP contribution in [0.15, 0.2) is 66.7 Å². The van der Waals surface area contributed by atoms with Gasteiger partial charge < -0.3 is 15.0 Å². The van der Waals surface area contributed by atoms with Crippen LogP contribution in [0.25, 0.3) is 0 Å². The van der Waals surface area contributed by atoms with E-state index in [0.717, 1.165) is 16.7 Å². The van der Waals surface area contributed by atoms with Gasteiger partial charge in [0.15, 0.2) is 6.10 Å². The number of ether oxygens (including phenoxy) is 1. The van der Waals surface area contributed by atoms with Crippen LogP contribution in [-0.4, -0.2) is 29.4 Å². The van der Waals surface area contributed by atoms with Crippen LogP contribution in [0.2, 0.25) is 5.02 Å². The molecule has 2 unspecified atom stereocenters. The highest BCUT2D eigenvalue weighted by Crippen LogP contribution is 2.38. The Hall–Kier alpha value is -3.38. The van der Waals surface area contributed by atoms with Gasteiger partial charge in [-0.3, -0.25) is 9.59 Å². The Balaban J connectivity index is 1.63. The average Bonchev–Trinajstić information content (AvgIpc) is 2.86. The SMILES string of the molecule is CCC(Oc1ccc2c(c1)C(c1ccc(F)cc1)N(C(=O)CC(C)C)CC2)C(=O)Nc1cccc(Cl)c1. The molecule has 0 saturated heterocycles. The summed E-state index contributed by atoms with van der Waals surface area (Å²) in [6.07, 6.45) is 0.890. The molecule has 0 bridgehead atoms. The summed E-state index contributed by atoms with van der Waals surface area (Å²) in [5.74, 6) is 0.228. The first-order chi connectivity index (χ1) is 17.7. The molecule has 0 fully saturated rings. The molecule has 2 amide bonds. The predicted octanol–water partition coefficient (Wildman–Crippen LogP) is 6.80. The maximum atomic E-state index is 13.7. The molecule has 0 spiro atoms. The number of carbonyl (C=O) groups is 2. The molecule has 37 heavy (non-hydrogen) atoms. The topological polar surface area (TPSA) is 58.6 Å². The lowest BCUT2D eigenvalue weighted by Gasteiger charge is -2.38. The van der Waals surface area contributed by atoms with E-state index in [4.69, 9.17) is 16.3 Å². The minimum Gasteiger partial charge on any atom is -0.481 e. The fraction of sp³-hybridized carbons (Fsp3) is 0.333. The van der Waals surface area contributed by atoms with Crippen LogP contribution >= 0.6 is 11.6 Å². The van der Waals surface area contributed by atoms with Gasteiger partial charge in [0.05, 0.1) is 6.04 Å². The number of benzene rings is 3. The monoisotopic (exact) mass is 522 g/mol. The van der Waals surface area contributed by atoms with E-state index in [9.17, 15) is 14.0 Å². The third-order valence-corrected chi connectivity index (χ3v) is 6.70. The van der Waals surface area contributed by atoms with E-state index >= 15 is 0 Å². The Kier molecular flexibility index (Phi) is 8.49. The third kappa shape index (κ3) is 6.50. The van der Waals surface area contributed by atoms with Crippen molar-refractivity contribution in [2.45, 2.75) is 52.2 Å². The van der Waals surface area contributed by atoms with Gasteiger partial charge in [-0.2, -0.15) is 0 Å². The zero-order valence-electron chi connectivity index (χ0n) is 21.3. The highest BCUT2D eigenvalue weighted by atomic mass is 35.5. The molecule has 0 aliphatic carbocycles. The Morgan fingerprint density at radius 3 is 2.54 bits per heavy atom. The fourth-order valence-electron chi connectivity index (χ4n) is 4.68. The molecule has 7 heteroatoms. The van der Waals surface area contributed by atoms with E-state index in [1.807, 2.05) is 43.9 Å². The minimum atomic E-state index is -0.719. The summed E-state index contributed by atoms with van der Waals surface area (Å²) < 4.78 is 19.9. The molecule has 1 heterocycles. The quantitative estimate of drug-likeness (QED) is 0.354. The van der Waals surface area contributed by atoms with Gasteiger partial charge in [-0.15, -0.1) is 0 Å². The van der Waals surface area contributed by atoms with Crippen molar-refractivity contribution in [1.82, 2.24) is 4.90 Å². The van der Waals surface area contributed by atoms with Crippen LogP contribution in [0.3, 0.4) is 0 Å². The van der Waals surface area contributed by atoms with Crippen LogP contribution in [-0.2, 0) is 16.0 Å². The molecule has 0 radical (unpaired) electrons. The van der Waals surface area contributed by atoms with Crippen molar-refractivity contribution in [1.29, 1.82) is 0 Å². The van der Waals surface area contributed by atoms with Crippen LogP contribution in [0.5, 0.6) is 5.75 Å². The normalized spacial score (nSPS) is 15.7. The number of anilines is 1. The van der Waals surface area contributed by atoms with Crippen molar-refractivity contribution in [3.8, 4) is 5.75 Å². The van der Waals surface area contributed by atoms with Crippen LogP contribution in [0, 0.1) is 11.7 Å². The van der Waals surface area contributed by atoms with Crippen LogP contribution in [0.1, 0.15) is 56.3 Å². The first-order valence-electron chi connectivity index (χ1n) is 12.7. The fourth-order valence-corrected chi connectivity index (χ4v) is 4.87. The van der Waals surface area contributed by atoms with E-state index in [1.54, 1.807) is 36.4 Å². The Morgan fingerprint density at radius 1 is 1.11 bits per heavy atom. The lowest BCUT2D eigenvalue weighted by atomic mass is 9.87. The molecule has 1 aliphatic rings. The number of halogens is 2. The highest BCUT2D eigenvalue weighted by molar-refractivity contribution is 6.30. The lowest BCUT2D eigenvalue weighted by Crippen LogP contribution is -2.41. The van der Waals surface area contributed by atoms with Crippen molar-refractivity contribution in [3.05, 3.63) is 94.3 Å². The summed E-state index contributed by atoms with van der Waals surface area (Å²) in [4.78, 5) is 28.0. The summed E-state index contributed by atoms with van der Waals surface area (Å²) in [6.45, 7) is 6.51. The van der Waals surface area contributed by atoms with Crippen molar-refractivity contribution >= 4 is 29.1 Å². The van der Waals surface area contributed by atoms with Gasteiger partial charge in [-0.1, -0.05) is 56.6 Å². The van der Waals surface area contributed by atoms with Crippen molar-refractivity contribution in [3.63, 3.8) is 0 Å². The first kappa shape index (κ1) is 26.7. The molecule has 0 aromatic heterocycles. The molecule has 1 aliphatic heterocycles. The zero-order chi connectivity index (χ0) is 26.5. The molecule has 4 rings (SSSR count).